The van der Waals surface area contributed by atoms with E-state index < -0.39 is 11.9 Å². The average molecular weight is 464 g/mol. The van der Waals surface area contributed by atoms with Crippen LogP contribution in [0.3, 0.4) is 0 Å². The summed E-state index contributed by atoms with van der Waals surface area (Å²) in [5.41, 5.74) is 1.58. The van der Waals surface area contributed by atoms with Gasteiger partial charge in [0.25, 0.3) is 0 Å². The fraction of sp³-hybridized carbons (Fsp3) is 0.476. The fourth-order valence-electron chi connectivity index (χ4n) is 3.75. The predicted octanol–water partition coefficient (Wildman–Crippen LogP) is 3.97. The average Bonchev–Trinajstić information content (AvgIpc) is 3.38. The van der Waals surface area contributed by atoms with Crippen molar-refractivity contribution in [2.75, 3.05) is 25.4 Å². The minimum atomic E-state index is -4.39. The van der Waals surface area contributed by atoms with Crippen LogP contribution in [0.5, 0.6) is 0 Å². The smallest absolute Gasteiger partial charge is 0.304 e. The molecule has 11 heteroatoms. The molecule has 1 saturated heterocycles. The summed E-state index contributed by atoms with van der Waals surface area (Å²) in [6.45, 7) is 4.61. The largest absolute Gasteiger partial charge is 0.433 e. The SMILES string of the molecule is Cc1cnc(-c2nnc(SCCCN3CCC(c4ccc(C(F)(F)F)nc4)C3)n2C)cn1. The Hall–Kier alpha value is -2.53. The van der Waals surface area contributed by atoms with Gasteiger partial charge in [0.2, 0.25) is 0 Å². The molecule has 1 unspecified atom stereocenters. The first-order chi connectivity index (χ1) is 15.3. The quantitative estimate of drug-likeness (QED) is 0.388. The maximum Gasteiger partial charge on any atom is 0.433 e. The number of hydrogen-bond donors (Lipinski definition) is 0. The van der Waals surface area contributed by atoms with Crippen LogP contribution in [0.15, 0.2) is 35.9 Å². The molecule has 3 aromatic rings. The molecule has 1 fully saturated rings. The third-order valence-corrected chi connectivity index (χ3v) is 6.62. The van der Waals surface area contributed by atoms with Gasteiger partial charge >= 0.3 is 6.18 Å². The predicted molar refractivity (Wildman–Crippen MR) is 115 cm³/mol. The molecule has 0 N–H and O–H groups in total. The van der Waals surface area contributed by atoms with Gasteiger partial charge in [-0.2, -0.15) is 13.2 Å². The van der Waals surface area contributed by atoms with Gasteiger partial charge in [0.1, 0.15) is 11.4 Å². The molecule has 0 aliphatic carbocycles. The third kappa shape index (κ3) is 5.26. The molecule has 4 rings (SSSR count). The van der Waals surface area contributed by atoms with Crippen molar-refractivity contribution in [2.45, 2.75) is 37.0 Å². The third-order valence-electron chi connectivity index (χ3n) is 5.52. The summed E-state index contributed by atoms with van der Waals surface area (Å²) in [5.74, 6) is 1.82. The molecular weight excluding hydrogens is 439 g/mol. The first-order valence-corrected chi connectivity index (χ1v) is 11.4. The molecule has 3 aromatic heterocycles. The van der Waals surface area contributed by atoms with Crippen LogP contribution in [0.1, 0.15) is 35.7 Å². The molecule has 0 bridgehead atoms. The van der Waals surface area contributed by atoms with Crippen LogP contribution in [-0.4, -0.2) is 60.0 Å². The van der Waals surface area contributed by atoms with E-state index in [2.05, 4.69) is 30.0 Å². The molecule has 170 valence electrons. The maximum absolute atomic E-state index is 12.7. The molecule has 7 nitrogen and oxygen atoms in total. The van der Waals surface area contributed by atoms with Gasteiger partial charge in [0.05, 0.1) is 11.9 Å². The van der Waals surface area contributed by atoms with Crippen LogP contribution in [0.25, 0.3) is 11.5 Å². The van der Waals surface area contributed by atoms with Crippen molar-refractivity contribution in [2.24, 2.45) is 7.05 Å². The van der Waals surface area contributed by atoms with E-state index in [1.165, 1.54) is 6.20 Å². The first kappa shape index (κ1) is 22.7. The number of aromatic nitrogens is 6. The monoisotopic (exact) mass is 463 g/mol. The first-order valence-electron chi connectivity index (χ1n) is 10.4. The number of alkyl halides is 3. The van der Waals surface area contributed by atoms with Crippen LogP contribution < -0.4 is 0 Å². The molecule has 1 aliphatic heterocycles. The van der Waals surface area contributed by atoms with Crippen molar-refractivity contribution in [1.29, 1.82) is 0 Å². The number of pyridine rings is 1. The van der Waals surface area contributed by atoms with Crippen LogP contribution in [0.4, 0.5) is 13.2 Å². The number of rotatable bonds is 7. The summed E-state index contributed by atoms with van der Waals surface area (Å²) >= 11 is 1.65. The lowest BCUT2D eigenvalue weighted by Crippen LogP contribution is -2.22. The number of aryl methyl sites for hydroxylation is 1. The second-order valence-electron chi connectivity index (χ2n) is 7.87. The van der Waals surface area contributed by atoms with E-state index in [1.54, 1.807) is 30.2 Å². The van der Waals surface area contributed by atoms with Crippen LogP contribution in [0.2, 0.25) is 0 Å². The van der Waals surface area contributed by atoms with Gasteiger partial charge in [-0.25, -0.2) is 4.98 Å². The van der Waals surface area contributed by atoms with Crippen LogP contribution >= 0.6 is 11.8 Å². The molecule has 0 spiro atoms. The summed E-state index contributed by atoms with van der Waals surface area (Å²) in [6, 6.07) is 2.63. The number of thioether (sulfide) groups is 1. The Balaban J connectivity index is 1.23. The minimum Gasteiger partial charge on any atom is -0.304 e. The van der Waals surface area contributed by atoms with E-state index in [-0.39, 0.29) is 5.92 Å². The Labute approximate surface area is 188 Å². The summed E-state index contributed by atoms with van der Waals surface area (Å²) < 4.78 is 40.0. The summed E-state index contributed by atoms with van der Waals surface area (Å²) in [5, 5.41) is 9.34. The molecule has 1 aliphatic rings. The summed E-state index contributed by atoms with van der Waals surface area (Å²) in [6.07, 6.45) is 2.30. The number of nitrogens with zero attached hydrogens (tertiary/aromatic N) is 7. The standard InChI is InChI=1S/C21H24F3N7S/c1-14-10-26-17(12-25-14)19-28-29-20(30(19)2)32-9-3-7-31-8-6-16(13-31)15-4-5-18(27-11-15)21(22,23)24/h4-5,10-12,16H,3,6-9,13H2,1-2H3. The van der Waals surface area contributed by atoms with Crippen molar-refractivity contribution in [3.05, 3.63) is 47.7 Å². The van der Waals surface area contributed by atoms with Crippen LogP contribution in [0, 0.1) is 6.92 Å². The van der Waals surface area contributed by atoms with Gasteiger partial charge in [-0.3, -0.25) is 9.97 Å². The molecule has 4 heterocycles. The van der Waals surface area contributed by atoms with Gasteiger partial charge < -0.3 is 9.47 Å². The van der Waals surface area contributed by atoms with Crippen LogP contribution in [-0.2, 0) is 13.2 Å². The highest BCUT2D eigenvalue weighted by atomic mass is 32.2. The summed E-state index contributed by atoms with van der Waals surface area (Å²) in [7, 11) is 1.92. The van der Waals surface area contributed by atoms with E-state index in [4.69, 9.17) is 0 Å². The Morgan fingerprint density at radius 2 is 1.94 bits per heavy atom. The van der Waals surface area contributed by atoms with Gasteiger partial charge in [-0.15, -0.1) is 10.2 Å². The fourth-order valence-corrected chi connectivity index (χ4v) is 4.58. The molecule has 1 atom stereocenters. The molecule has 0 radical (unpaired) electrons. The van der Waals surface area contributed by atoms with Gasteiger partial charge in [-0.1, -0.05) is 17.8 Å². The van der Waals surface area contributed by atoms with Crippen molar-refractivity contribution in [3.8, 4) is 11.5 Å². The Morgan fingerprint density at radius 1 is 1.09 bits per heavy atom. The minimum absolute atomic E-state index is 0.231. The highest BCUT2D eigenvalue weighted by Crippen LogP contribution is 2.31. The lowest BCUT2D eigenvalue weighted by atomic mass is 10.0. The number of hydrogen-bond acceptors (Lipinski definition) is 7. The zero-order valence-corrected chi connectivity index (χ0v) is 18.7. The highest BCUT2D eigenvalue weighted by molar-refractivity contribution is 7.99. The Bertz CT molecular complexity index is 1040. The van der Waals surface area contributed by atoms with Gasteiger partial charge in [0.15, 0.2) is 11.0 Å². The van der Waals surface area contributed by atoms with E-state index >= 15 is 0 Å². The second kappa shape index (κ2) is 9.53. The van der Waals surface area contributed by atoms with E-state index in [9.17, 15) is 13.2 Å². The second-order valence-corrected chi connectivity index (χ2v) is 8.93. The molecule has 0 aromatic carbocycles. The zero-order chi connectivity index (χ0) is 22.7. The van der Waals surface area contributed by atoms with Crippen molar-refractivity contribution < 1.29 is 13.2 Å². The lowest BCUT2D eigenvalue weighted by molar-refractivity contribution is -0.141. The topological polar surface area (TPSA) is 72.6 Å². The van der Waals surface area contributed by atoms with Crippen molar-refractivity contribution >= 4 is 11.8 Å². The number of halogens is 3. The molecule has 0 saturated carbocycles. The van der Waals surface area contributed by atoms with Gasteiger partial charge in [0, 0.05) is 31.7 Å². The number of likely N-dealkylation sites (tertiary alicyclic amines) is 1. The normalized spacial score (nSPS) is 17.2. The van der Waals surface area contributed by atoms with Gasteiger partial charge in [-0.05, 0) is 50.4 Å². The highest BCUT2D eigenvalue weighted by Gasteiger charge is 2.32. The molecule has 0 amide bonds. The molecular formula is C21H24F3N7S. The van der Waals surface area contributed by atoms with Crippen molar-refractivity contribution in [3.63, 3.8) is 0 Å². The van der Waals surface area contributed by atoms with E-state index in [0.717, 1.165) is 60.7 Å². The Morgan fingerprint density at radius 3 is 2.62 bits per heavy atom. The van der Waals surface area contributed by atoms with E-state index in [0.29, 0.717) is 11.5 Å². The van der Waals surface area contributed by atoms with E-state index in [1.807, 2.05) is 18.5 Å². The lowest BCUT2D eigenvalue weighted by Gasteiger charge is -2.16. The Kier molecular flexibility index (Phi) is 6.75. The molecule has 32 heavy (non-hydrogen) atoms. The van der Waals surface area contributed by atoms with Crippen molar-refractivity contribution in [1.82, 2.24) is 34.6 Å². The zero-order valence-electron chi connectivity index (χ0n) is 17.9. The maximum atomic E-state index is 12.7. The summed E-state index contributed by atoms with van der Waals surface area (Å²) in [4.78, 5) is 14.6.